The number of fused-ring (bicyclic) bond motifs is 2. The van der Waals surface area contributed by atoms with Crippen LogP contribution in [-0.2, 0) is 49.5 Å². The normalized spacial score (nSPS) is 24.9. The fourth-order valence-corrected chi connectivity index (χ4v) is 9.25. The van der Waals surface area contributed by atoms with E-state index >= 15 is 0 Å². The molecule has 8 aromatic rings. The monoisotopic (exact) mass is 1020 g/mol. The summed E-state index contributed by atoms with van der Waals surface area (Å²) in [6.07, 6.45) is 6.43. The fraction of sp³-hybridized carbons (Fsp3) is 0.591. The first-order chi connectivity index (χ1) is 35.8. The Balaban J connectivity index is 0.000000717. The van der Waals surface area contributed by atoms with Crippen LogP contribution >= 0.6 is 0 Å². The van der Waals surface area contributed by atoms with E-state index in [-0.39, 0.29) is 17.9 Å². The van der Waals surface area contributed by atoms with Crippen molar-refractivity contribution >= 4 is 45.9 Å². The Morgan fingerprint density at radius 2 is 1.11 bits per heavy atom. The number of anilines is 4. The van der Waals surface area contributed by atoms with Crippen molar-refractivity contribution in [3.05, 3.63) is 60.7 Å². The van der Waals surface area contributed by atoms with Gasteiger partial charge in [-0.25, -0.2) is 19.9 Å². The Hall–Kier alpha value is -7.38. The summed E-state index contributed by atoms with van der Waals surface area (Å²) in [5, 5.41) is 81.3. The molecule has 0 bridgehead atoms. The second-order valence-corrected chi connectivity index (χ2v) is 18.7. The molecule has 8 N–H and O–H groups in total. The predicted octanol–water partition coefficient (Wildman–Crippen LogP) is 0.216. The summed E-state index contributed by atoms with van der Waals surface area (Å²) >= 11 is 0. The molecule has 11 rings (SSSR count). The molecule has 30 heteroatoms. The molecule has 1 aliphatic carbocycles. The minimum absolute atomic E-state index is 0.0160. The van der Waals surface area contributed by atoms with E-state index in [1.165, 1.54) is 11.1 Å². The number of imidazole rings is 4. The van der Waals surface area contributed by atoms with Crippen LogP contribution < -0.4 is 21.3 Å². The Morgan fingerprint density at radius 1 is 0.608 bits per heavy atom. The summed E-state index contributed by atoms with van der Waals surface area (Å²) in [7, 11) is 3.85. The Bertz CT molecular complexity index is 3140. The number of nitrogens with zero attached hydrogens (tertiary/aromatic N) is 20. The van der Waals surface area contributed by atoms with Crippen molar-refractivity contribution in [3.8, 4) is 0 Å². The van der Waals surface area contributed by atoms with Gasteiger partial charge in [0.2, 0.25) is 17.7 Å². The van der Waals surface area contributed by atoms with Gasteiger partial charge in [-0.2, -0.15) is 29.5 Å². The highest BCUT2D eigenvalue weighted by molar-refractivity contribution is 5.85. The number of tetrazole rings is 2. The minimum Gasteiger partial charge on any atom is -0.388 e. The zero-order valence-corrected chi connectivity index (χ0v) is 41.9. The summed E-state index contributed by atoms with van der Waals surface area (Å²) in [6, 6.07) is 0.0485. The number of nitrogens with one attached hydrogen (secondary N) is 4. The van der Waals surface area contributed by atoms with Gasteiger partial charge in [-0.3, -0.25) is 9.13 Å². The van der Waals surface area contributed by atoms with Crippen LogP contribution in [0.25, 0.3) is 22.3 Å². The number of rotatable bonds is 17. The molecule has 74 heavy (non-hydrogen) atoms. The van der Waals surface area contributed by atoms with Crippen LogP contribution in [0.1, 0.15) is 88.1 Å². The van der Waals surface area contributed by atoms with E-state index in [9.17, 15) is 20.4 Å². The Labute approximate surface area is 423 Å². The standard InChI is InChI=1S/C40H54N20O6.C4H8N4/c1-5-60-54-34(53-55-60)31-28(62)30(64)38(66-31)59-19-46-26-33(50-40(52-36(26)59)42-13-11-24-15-57(4)17-44-24)48-22-8-6-21(7-9-22)47-32-25-35(58(18-45-25)37-29(63)27(61)20(2)65-37)51-39(49-32)41-12-10-23-14-56(3)16-43-23;1-3-8-6-4(2)5-7-8/h14-22,27-31,37-38,61-64H,5-13H2,1-4H3,(H2,41,47,49,51)(H2,42,48,50,52);3H2,1-2H3/t20?,21?,22?,27?,28-,29?,30+,31-,37?,38+;/m0./s1. The van der Waals surface area contributed by atoms with Crippen molar-refractivity contribution in [3.63, 3.8) is 0 Å². The van der Waals surface area contributed by atoms with Gasteiger partial charge in [0.1, 0.15) is 24.4 Å². The van der Waals surface area contributed by atoms with Gasteiger partial charge in [-0.1, -0.05) is 0 Å². The van der Waals surface area contributed by atoms with Gasteiger partial charge >= 0.3 is 0 Å². The van der Waals surface area contributed by atoms with Crippen molar-refractivity contribution < 1.29 is 29.9 Å². The molecular weight excluding hydrogens is 961 g/mol. The van der Waals surface area contributed by atoms with Gasteiger partial charge in [-0.15, -0.1) is 20.4 Å². The van der Waals surface area contributed by atoms with Crippen LogP contribution in [0.2, 0.25) is 0 Å². The van der Waals surface area contributed by atoms with E-state index in [0.29, 0.717) is 78.3 Å². The lowest BCUT2D eigenvalue weighted by atomic mass is 9.91. The molecule has 8 aromatic heterocycles. The Morgan fingerprint density at radius 3 is 1.54 bits per heavy atom. The number of hydrogen-bond acceptors (Lipinski definition) is 24. The van der Waals surface area contributed by atoms with E-state index in [0.717, 1.165) is 49.4 Å². The van der Waals surface area contributed by atoms with E-state index in [1.54, 1.807) is 39.8 Å². The number of aromatic nitrogens is 20. The highest BCUT2D eigenvalue weighted by atomic mass is 16.6. The summed E-state index contributed by atoms with van der Waals surface area (Å²) in [4.78, 5) is 40.5. The van der Waals surface area contributed by atoms with Gasteiger partial charge in [0.25, 0.3) is 0 Å². The van der Waals surface area contributed by atoms with Crippen LogP contribution in [-0.4, -0.2) is 175 Å². The molecule has 3 aliphatic rings. The zero-order valence-electron chi connectivity index (χ0n) is 41.9. The second-order valence-electron chi connectivity index (χ2n) is 18.7. The maximum absolute atomic E-state index is 11.3. The Kier molecular flexibility index (Phi) is 14.6. The lowest BCUT2D eigenvalue weighted by Crippen LogP contribution is -2.33. The number of aryl methyl sites for hydroxylation is 5. The average Bonchev–Trinajstić information content (AvgIpc) is 4.28. The molecule has 8 atom stereocenters. The van der Waals surface area contributed by atoms with Gasteiger partial charge in [0, 0.05) is 64.5 Å². The highest BCUT2D eigenvalue weighted by Crippen LogP contribution is 2.40. The number of hydrogen-bond donors (Lipinski definition) is 8. The van der Waals surface area contributed by atoms with Gasteiger partial charge in [0.15, 0.2) is 58.3 Å². The third kappa shape index (κ3) is 10.7. The van der Waals surface area contributed by atoms with Gasteiger partial charge in [-0.05, 0) is 63.8 Å². The summed E-state index contributed by atoms with van der Waals surface area (Å²) in [5.41, 5.74) is 3.66. The van der Waals surface area contributed by atoms with Crippen LogP contribution in [0.3, 0.4) is 0 Å². The molecule has 394 valence electrons. The lowest BCUT2D eigenvalue weighted by molar-refractivity contribution is -0.0384. The molecule has 3 fully saturated rings. The van der Waals surface area contributed by atoms with E-state index in [2.05, 4.69) is 67.0 Å². The first kappa shape index (κ1) is 50.2. The highest BCUT2D eigenvalue weighted by Gasteiger charge is 2.47. The molecule has 30 nitrogen and oxygen atoms in total. The predicted molar refractivity (Wildman–Crippen MR) is 263 cm³/mol. The van der Waals surface area contributed by atoms with Gasteiger partial charge in [0.05, 0.1) is 55.9 Å². The fourth-order valence-electron chi connectivity index (χ4n) is 9.25. The maximum atomic E-state index is 11.3. The van der Waals surface area contributed by atoms with Crippen LogP contribution in [0.4, 0.5) is 23.5 Å². The molecule has 0 amide bonds. The van der Waals surface area contributed by atoms with Crippen LogP contribution in [0.5, 0.6) is 0 Å². The van der Waals surface area contributed by atoms with Crippen molar-refractivity contribution in [2.75, 3.05) is 34.4 Å². The quantitative estimate of drug-likeness (QED) is 0.0604. The molecule has 10 heterocycles. The smallest absolute Gasteiger partial charge is 0.226 e. The lowest BCUT2D eigenvalue weighted by Gasteiger charge is -2.30. The van der Waals surface area contributed by atoms with Crippen molar-refractivity contribution in [1.82, 2.24) is 98.6 Å². The molecule has 1 saturated carbocycles. The molecule has 4 unspecified atom stereocenters. The maximum Gasteiger partial charge on any atom is 0.226 e. The second kappa shape index (κ2) is 21.6. The molecule has 0 radical (unpaired) electrons. The van der Waals surface area contributed by atoms with E-state index in [1.807, 2.05) is 56.4 Å². The zero-order chi connectivity index (χ0) is 51.6. The van der Waals surface area contributed by atoms with Gasteiger partial charge < -0.3 is 60.3 Å². The number of aliphatic hydroxyl groups excluding tert-OH is 4. The third-order valence-corrected chi connectivity index (χ3v) is 13.2. The van der Waals surface area contributed by atoms with Crippen molar-refractivity contribution in [1.29, 1.82) is 0 Å². The first-order valence-electron chi connectivity index (χ1n) is 24.8. The van der Waals surface area contributed by atoms with Crippen molar-refractivity contribution in [2.24, 2.45) is 14.1 Å². The summed E-state index contributed by atoms with van der Waals surface area (Å²) in [5.74, 6) is 2.65. The molecular formula is C44H62N24O6. The molecule has 2 saturated heterocycles. The SMILES string of the molecule is CCn1nnc(C)n1.CCn1nnc([C@H]2O[C@@H](n3cnc4c(NC5CCC(Nc6nc(NCCc7cn(C)cn7)nc7c6ncn7C6OC(C)C(O)C6O)CC5)nc(NCCc5cn(C)cn5)nc43)[C@H](O)[C@@H]2O)n1. The van der Waals surface area contributed by atoms with E-state index < -0.39 is 49.1 Å². The average molecular weight is 1020 g/mol. The van der Waals surface area contributed by atoms with Crippen LogP contribution in [0, 0.1) is 6.92 Å². The largest absolute Gasteiger partial charge is 0.388 e. The van der Waals surface area contributed by atoms with Crippen molar-refractivity contribution in [2.45, 2.75) is 140 Å². The molecule has 0 aromatic carbocycles. The summed E-state index contributed by atoms with van der Waals surface area (Å²) in [6.45, 7) is 9.67. The van der Waals surface area contributed by atoms with E-state index in [4.69, 9.17) is 34.4 Å². The van der Waals surface area contributed by atoms with Crippen LogP contribution in [0.15, 0.2) is 37.7 Å². The third-order valence-electron chi connectivity index (χ3n) is 13.2. The topological polar surface area (TPSA) is 358 Å². The minimum atomic E-state index is -1.35. The molecule has 0 spiro atoms. The first-order valence-corrected chi connectivity index (χ1v) is 24.8. The number of ether oxygens (including phenoxy) is 2. The summed E-state index contributed by atoms with van der Waals surface area (Å²) < 4.78 is 19.2. The molecule has 2 aliphatic heterocycles. The number of aliphatic hydroxyl groups is 4.